The molecule has 62 valence electrons. The molecule has 0 saturated carbocycles. The minimum Gasteiger partial charge on any atom is -0.850 e. The molecule has 0 unspecified atom stereocenters. The molecule has 1 aliphatic heterocycles. The molecule has 2 nitrogen and oxygen atoms in total. The van der Waals surface area contributed by atoms with Gasteiger partial charge in [-0.15, -0.1) is 5.60 Å². The van der Waals surface area contributed by atoms with E-state index >= 15 is 0 Å². The van der Waals surface area contributed by atoms with Crippen molar-refractivity contribution in [2.75, 3.05) is 13.2 Å². The van der Waals surface area contributed by atoms with Crippen molar-refractivity contribution in [3.8, 4) is 0 Å². The van der Waals surface area contributed by atoms with Crippen molar-refractivity contribution in [2.45, 2.75) is 39.2 Å². The third kappa shape index (κ3) is 25.1. The Hall–Kier alpha value is 0.517. The molecule has 1 saturated heterocycles. The van der Waals surface area contributed by atoms with Gasteiger partial charge in [-0.25, -0.2) is 0 Å². The first-order valence-electron chi connectivity index (χ1n) is 3.78. The van der Waals surface area contributed by atoms with Crippen LogP contribution in [0.1, 0.15) is 33.6 Å². The average Bonchev–Trinajstić information content (AvgIpc) is 2.07. The van der Waals surface area contributed by atoms with Crippen LogP contribution in [-0.4, -0.2) is 18.8 Å². The first-order chi connectivity index (χ1) is 4.50. The first-order valence-corrected chi connectivity index (χ1v) is 3.78. The van der Waals surface area contributed by atoms with Crippen LogP contribution in [-0.2, 0) is 4.74 Å². The van der Waals surface area contributed by atoms with Gasteiger partial charge in [0.25, 0.3) is 0 Å². The minimum absolute atomic E-state index is 0. The standard InChI is InChI=1S/C4H8O.C4H9O.Li/c1-2-4-5-3-1;1-4(2,3)5;/h1-4H2;1-3H3;/q;-1;+1. The largest absolute Gasteiger partial charge is 1.00 e. The van der Waals surface area contributed by atoms with Gasteiger partial charge in [-0.3, -0.25) is 0 Å². The normalized spacial score (nSPS) is 16.4. The van der Waals surface area contributed by atoms with E-state index in [0.29, 0.717) is 0 Å². The van der Waals surface area contributed by atoms with Gasteiger partial charge in [-0.1, -0.05) is 20.8 Å². The minimum atomic E-state index is -0.750. The van der Waals surface area contributed by atoms with Gasteiger partial charge >= 0.3 is 18.9 Å². The van der Waals surface area contributed by atoms with Crippen LogP contribution in [0.2, 0.25) is 0 Å². The van der Waals surface area contributed by atoms with Crippen LogP contribution in [0.25, 0.3) is 0 Å². The molecule has 1 aliphatic rings. The second-order valence-corrected chi connectivity index (χ2v) is 3.43. The van der Waals surface area contributed by atoms with Crippen molar-refractivity contribution in [3.05, 3.63) is 0 Å². The molecule has 0 N–H and O–H groups in total. The van der Waals surface area contributed by atoms with E-state index in [4.69, 9.17) is 4.74 Å². The summed E-state index contributed by atoms with van der Waals surface area (Å²) in [5, 5.41) is 10.1. The smallest absolute Gasteiger partial charge is 0.850 e. The topological polar surface area (TPSA) is 32.3 Å². The van der Waals surface area contributed by atoms with Crippen LogP contribution in [0.15, 0.2) is 0 Å². The van der Waals surface area contributed by atoms with Crippen LogP contribution in [0.5, 0.6) is 0 Å². The molecule has 0 atom stereocenters. The monoisotopic (exact) mass is 152 g/mol. The molecule has 0 bridgehead atoms. The zero-order valence-corrected chi connectivity index (χ0v) is 8.14. The number of hydrogen-bond acceptors (Lipinski definition) is 2. The van der Waals surface area contributed by atoms with E-state index in [1.165, 1.54) is 12.8 Å². The Morgan fingerprint density at radius 1 is 1.09 bits per heavy atom. The van der Waals surface area contributed by atoms with Gasteiger partial charge in [-0.05, 0) is 12.8 Å². The van der Waals surface area contributed by atoms with E-state index in [-0.39, 0.29) is 18.9 Å². The summed E-state index contributed by atoms with van der Waals surface area (Å²) < 4.78 is 4.94. The maximum atomic E-state index is 10.1. The zero-order valence-electron chi connectivity index (χ0n) is 8.14. The van der Waals surface area contributed by atoms with E-state index in [1.807, 2.05) is 0 Å². The Morgan fingerprint density at radius 2 is 1.36 bits per heavy atom. The first kappa shape index (κ1) is 14.1. The Bertz CT molecular complexity index is 61.0. The average molecular weight is 152 g/mol. The Balaban J connectivity index is 0. The third-order valence-electron chi connectivity index (χ3n) is 0.827. The van der Waals surface area contributed by atoms with Gasteiger partial charge in [0.2, 0.25) is 0 Å². The van der Waals surface area contributed by atoms with E-state index in [9.17, 15) is 5.11 Å². The zero-order chi connectivity index (χ0) is 8.04. The molecule has 0 aliphatic carbocycles. The van der Waals surface area contributed by atoms with Crippen LogP contribution in [0, 0.1) is 0 Å². The molecular weight excluding hydrogens is 135 g/mol. The predicted octanol–water partition coefficient (Wildman–Crippen LogP) is -2.05. The maximum absolute atomic E-state index is 10.1. The summed E-state index contributed by atoms with van der Waals surface area (Å²) in [7, 11) is 0. The molecule has 0 radical (unpaired) electrons. The summed E-state index contributed by atoms with van der Waals surface area (Å²) in [5.74, 6) is 0. The van der Waals surface area contributed by atoms with Crippen LogP contribution < -0.4 is 24.0 Å². The fourth-order valence-corrected chi connectivity index (χ4v) is 0.510. The summed E-state index contributed by atoms with van der Waals surface area (Å²) in [6, 6.07) is 0. The van der Waals surface area contributed by atoms with Crippen LogP contribution in [0.4, 0.5) is 0 Å². The Morgan fingerprint density at radius 3 is 1.45 bits per heavy atom. The van der Waals surface area contributed by atoms with E-state index < -0.39 is 5.60 Å². The summed E-state index contributed by atoms with van der Waals surface area (Å²) in [6.07, 6.45) is 2.56. The fraction of sp³-hybridized carbons (Fsp3) is 1.00. The maximum Gasteiger partial charge on any atom is 1.00 e. The summed E-state index contributed by atoms with van der Waals surface area (Å²) >= 11 is 0. The van der Waals surface area contributed by atoms with E-state index in [2.05, 4.69) is 0 Å². The summed E-state index contributed by atoms with van der Waals surface area (Å²) in [4.78, 5) is 0. The number of ether oxygens (including phenoxy) is 1. The molecule has 0 aromatic carbocycles. The number of rotatable bonds is 0. The Kier molecular flexibility index (Phi) is 9.18. The van der Waals surface area contributed by atoms with Gasteiger partial charge in [-0.2, -0.15) is 0 Å². The molecule has 0 aromatic heterocycles. The molecule has 0 spiro atoms. The molecule has 0 amide bonds. The predicted molar refractivity (Wildman–Crippen MR) is 39.8 cm³/mol. The second kappa shape index (κ2) is 7.18. The Labute approximate surface area is 81.5 Å². The van der Waals surface area contributed by atoms with Gasteiger partial charge in [0.05, 0.1) is 0 Å². The third-order valence-corrected chi connectivity index (χ3v) is 0.827. The van der Waals surface area contributed by atoms with E-state index in [1.54, 1.807) is 20.8 Å². The van der Waals surface area contributed by atoms with Crippen molar-refractivity contribution >= 4 is 0 Å². The summed E-state index contributed by atoms with van der Waals surface area (Å²) in [6.45, 7) is 6.90. The summed E-state index contributed by atoms with van der Waals surface area (Å²) in [5.41, 5.74) is -0.750. The number of hydrogen-bond donors (Lipinski definition) is 0. The van der Waals surface area contributed by atoms with Crippen molar-refractivity contribution in [1.82, 2.24) is 0 Å². The van der Waals surface area contributed by atoms with Gasteiger partial charge < -0.3 is 9.84 Å². The van der Waals surface area contributed by atoms with Crippen molar-refractivity contribution < 1.29 is 28.7 Å². The SMILES string of the molecule is C1CCOC1.CC(C)(C)[O-].[Li+]. The van der Waals surface area contributed by atoms with Crippen LogP contribution >= 0.6 is 0 Å². The van der Waals surface area contributed by atoms with E-state index in [0.717, 1.165) is 13.2 Å². The molecule has 0 aromatic rings. The second-order valence-electron chi connectivity index (χ2n) is 3.43. The van der Waals surface area contributed by atoms with Crippen LogP contribution in [0.3, 0.4) is 0 Å². The van der Waals surface area contributed by atoms with Crippen molar-refractivity contribution in [1.29, 1.82) is 0 Å². The quantitative estimate of drug-likeness (QED) is 0.374. The molecule has 1 fully saturated rings. The molecule has 1 rings (SSSR count). The van der Waals surface area contributed by atoms with Gasteiger partial charge in [0.15, 0.2) is 0 Å². The fourth-order valence-electron chi connectivity index (χ4n) is 0.510. The molecule has 3 heteroatoms. The van der Waals surface area contributed by atoms with Gasteiger partial charge in [0, 0.05) is 13.2 Å². The molecular formula is C8H17LiO2. The van der Waals surface area contributed by atoms with Gasteiger partial charge in [0.1, 0.15) is 0 Å². The molecule has 1 heterocycles. The van der Waals surface area contributed by atoms with Crippen molar-refractivity contribution in [2.24, 2.45) is 0 Å². The molecule has 11 heavy (non-hydrogen) atoms. The van der Waals surface area contributed by atoms with Crippen molar-refractivity contribution in [3.63, 3.8) is 0 Å².